The van der Waals surface area contributed by atoms with E-state index in [-0.39, 0.29) is 11.2 Å². The van der Waals surface area contributed by atoms with Crippen molar-refractivity contribution in [1.82, 2.24) is 15.1 Å². The quantitative estimate of drug-likeness (QED) is 0.770. The zero-order chi connectivity index (χ0) is 20.4. The number of rotatable bonds is 6. The van der Waals surface area contributed by atoms with E-state index in [0.717, 1.165) is 43.0 Å². The molecule has 0 atom stereocenters. The summed E-state index contributed by atoms with van der Waals surface area (Å²) in [6.45, 7) is 4.65. The second kappa shape index (κ2) is 7.98. The monoisotopic (exact) mass is 415 g/mol. The zero-order valence-electron chi connectivity index (χ0n) is 16.4. The molecule has 0 spiro atoms. The van der Waals surface area contributed by atoms with Gasteiger partial charge in [-0.25, -0.2) is 8.42 Å². The zero-order valence-corrected chi connectivity index (χ0v) is 17.2. The van der Waals surface area contributed by atoms with Crippen molar-refractivity contribution in [3.05, 3.63) is 47.7 Å². The molecule has 1 aliphatic heterocycles. The minimum atomic E-state index is -3.26. The van der Waals surface area contributed by atoms with E-state index >= 15 is 0 Å². The minimum absolute atomic E-state index is 0.0750. The first-order valence-electron chi connectivity index (χ1n) is 9.84. The number of anilines is 2. The van der Waals surface area contributed by atoms with E-state index in [4.69, 9.17) is 0 Å². The van der Waals surface area contributed by atoms with Gasteiger partial charge in [0.2, 0.25) is 15.9 Å². The summed E-state index contributed by atoms with van der Waals surface area (Å²) in [4.78, 5) is 16.6. The lowest BCUT2D eigenvalue weighted by atomic mass is 10.1. The van der Waals surface area contributed by atoms with Crippen LogP contribution >= 0.6 is 0 Å². The summed E-state index contributed by atoms with van der Waals surface area (Å²) in [6, 6.07) is 10.9. The number of nitrogens with one attached hydrogen (secondary N) is 1. The van der Waals surface area contributed by atoms with E-state index in [1.165, 1.54) is 0 Å². The molecule has 4 rings (SSSR count). The molecule has 2 fully saturated rings. The van der Waals surface area contributed by atoms with Crippen LogP contribution in [0.3, 0.4) is 0 Å². The van der Waals surface area contributed by atoms with Crippen LogP contribution in [0.2, 0.25) is 0 Å². The molecule has 1 aromatic heterocycles. The van der Waals surface area contributed by atoms with Crippen molar-refractivity contribution in [2.24, 2.45) is 0 Å². The molecule has 8 nitrogen and oxygen atoms in total. The molecule has 1 aliphatic carbocycles. The van der Waals surface area contributed by atoms with E-state index in [0.29, 0.717) is 25.2 Å². The number of aryl methyl sites for hydroxylation is 1. The molecular weight excluding hydrogens is 390 g/mol. The van der Waals surface area contributed by atoms with Gasteiger partial charge < -0.3 is 9.80 Å². The summed E-state index contributed by atoms with van der Waals surface area (Å²) in [5, 5.41) is 8.05. The van der Waals surface area contributed by atoms with E-state index in [2.05, 4.69) is 19.8 Å². The number of carbonyl (C=O) groups excluding carboxylic acids is 1. The molecule has 1 aromatic carbocycles. The maximum Gasteiger partial charge on any atom is 0.235 e. The molecule has 29 heavy (non-hydrogen) atoms. The average Bonchev–Trinajstić information content (AvgIpc) is 3.56. The summed E-state index contributed by atoms with van der Waals surface area (Å²) in [5.41, 5.74) is 2.30. The van der Waals surface area contributed by atoms with Gasteiger partial charge in [-0.3, -0.25) is 9.52 Å². The maximum absolute atomic E-state index is 12.6. The van der Waals surface area contributed by atoms with Crippen molar-refractivity contribution in [2.75, 3.05) is 35.8 Å². The van der Waals surface area contributed by atoms with Gasteiger partial charge in [0.25, 0.3) is 0 Å². The molecule has 1 saturated carbocycles. The number of benzene rings is 1. The third-order valence-electron chi connectivity index (χ3n) is 5.27. The molecular formula is C20H25N5O3S. The molecule has 1 N–H and O–H groups in total. The van der Waals surface area contributed by atoms with E-state index in [1.54, 1.807) is 24.3 Å². The number of sulfonamides is 1. The van der Waals surface area contributed by atoms with Crippen LogP contribution in [-0.2, 0) is 21.2 Å². The van der Waals surface area contributed by atoms with Gasteiger partial charge in [-0.2, -0.15) is 5.10 Å². The summed E-state index contributed by atoms with van der Waals surface area (Å²) in [7, 11) is -3.26. The van der Waals surface area contributed by atoms with Crippen LogP contribution in [0.4, 0.5) is 11.5 Å². The Morgan fingerprint density at radius 3 is 2.31 bits per heavy atom. The number of hydrogen-bond acceptors (Lipinski definition) is 6. The third-order valence-corrected chi connectivity index (χ3v) is 7.14. The van der Waals surface area contributed by atoms with Crippen LogP contribution in [0.5, 0.6) is 0 Å². The predicted molar refractivity (Wildman–Crippen MR) is 111 cm³/mol. The molecule has 1 saturated heterocycles. The highest BCUT2D eigenvalue weighted by Crippen LogP contribution is 2.29. The molecule has 2 heterocycles. The van der Waals surface area contributed by atoms with Crippen LogP contribution in [0.15, 0.2) is 36.4 Å². The minimum Gasteiger partial charge on any atom is -0.352 e. The smallest absolute Gasteiger partial charge is 0.235 e. The van der Waals surface area contributed by atoms with Gasteiger partial charge in [0.1, 0.15) is 0 Å². The van der Waals surface area contributed by atoms with Gasteiger partial charge in [-0.1, -0.05) is 12.1 Å². The Labute approximate surface area is 171 Å². The first-order chi connectivity index (χ1) is 13.9. The largest absolute Gasteiger partial charge is 0.352 e. The molecule has 0 radical (unpaired) electrons. The molecule has 2 aromatic rings. The molecule has 2 aliphatic rings. The average molecular weight is 416 g/mol. The Hall–Kier alpha value is -2.68. The van der Waals surface area contributed by atoms with Gasteiger partial charge in [0, 0.05) is 31.9 Å². The number of nitrogens with zero attached hydrogens (tertiary/aromatic N) is 4. The highest BCUT2D eigenvalue weighted by Gasteiger charge is 2.35. The number of carbonyl (C=O) groups is 1. The topological polar surface area (TPSA) is 95.5 Å². The van der Waals surface area contributed by atoms with Gasteiger partial charge in [0.15, 0.2) is 5.82 Å². The number of aromatic nitrogens is 2. The van der Waals surface area contributed by atoms with Crippen LogP contribution in [0.1, 0.15) is 24.1 Å². The number of amides is 1. The Morgan fingerprint density at radius 2 is 1.72 bits per heavy atom. The fourth-order valence-electron chi connectivity index (χ4n) is 3.35. The second-order valence-electron chi connectivity index (χ2n) is 7.62. The van der Waals surface area contributed by atoms with Crippen LogP contribution in [-0.4, -0.2) is 60.9 Å². The van der Waals surface area contributed by atoms with Crippen LogP contribution < -0.4 is 9.62 Å². The lowest BCUT2D eigenvalue weighted by molar-refractivity contribution is -0.130. The highest BCUT2D eigenvalue weighted by molar-refractivity contribution is 7.93. The Balaban J connectivity index is 1.29. The van der Waals surface area contributed by atoms with Gasteiger partial charge >= 0.3 is 0 Å². The lowest BCUT2D eigenvalue weighted by Crippen LogP contribution is -2.49. The molecule has 9 heteroatoms. The van der Waals surface area contributed by atoms with E-state index in [9.17, 15) is 13.2 Å². The van der Waals surface area contributed by atoms with Crippen molar-refractivity contribution < 1.29 is 13.2 Å². The standard InChI is InChI=1S/C20H25N5O3S/c1-15-2-9-19(22-21-15)24-10-12-25(13-11-24)20(26)14-16-3-5-17(6-4-16)23-29(27,28)18-7-8-18/h2-6,9,18,23H,7-8,10-14H2,1H3. The van der Waals surface area contributed by atoms with Crippen LogP contribution in [0.25, 0.3) is 0 Å². The first kappa shape index (κ1) is 19.6. The van der Waals surface area contributed by atoms with Crippen molar-refractivity contribution in [3.63, 3.8) is 0 Å². The lowest BCUT2D eigenvalue weighted by Gasteiger charge is -2.35. The summed E-state index contributed by atoms with van der Waals surface area (Å²) in [5.74, 6) is 0.915. The van der Waals surface area contributed by atoms with Gasteiger partial charge in [-0.05, 0) is 49.6 Å². The SMILES string of the molecule is Cc1ccc(N2CCN(C(=O)Cc3ccc(NS(=O)(=O)C4CC4)cc3)CC2)nn1. The fraction of sp³-hybridized carbons (Fsp3) is 0.450. The summed E-state index contributed by atoms with van der Waals surface area (Å²) < 4.78 is 26.6. The molecule has 0 unspecified atom stereocenters. The molecule has 1 amide bonds. The summed E-state index contributed by atoms with van der Waals surface area (Å²) >= 11 is 0. The maximum atomic E-state index is 12.6. The van der Waals surface area contributed by atoms with Crippen molar-refractivity contribution in [2.45, 2.75) is 31.4 Å². The van der Waals surface area contributed by atoms with E-state index in [1.807, 2.05) is 24.0 Å². The molecule has 0 bridgehead atoms. The number of piperazine rings is 1. The molecule has 154 valence electrons. The fourth-order valence-corrected chi connectivity index (χ4v) is 4.74. The third kappa shape index (κ3) is 4.84. The second-order valence-corrected chi connectivity index (χ2v) is 9.58. The predicted octanol–water partition coefficient (Wildman–Crippen LogP) is 1.58. The highest BCUT2D eigenvalue weighted by atomic mass is 32.2. The Kier molecular flexibility index (Phi) is 5.40. The first-order valence-corrected chi connectivity index (χ1v) is 11.4. The van der Waals surface area contributed by atoms with Crippen molar-refractivity contribution in [3.8, 4) is 0 Å². The van der Waals surface area contributed by atoms with Crippen molar-refractivity contribution in [1.29, 1.82) is 0 Å². The van der Waals surface area contributed by atoms with Gasteiger partial charge in [0.05, 0.1) is 17.4 Å². The Bertz CT molecular complexity index is 964. The van der Waals surface area contributed by atoms with Crippen molar-refractivity contribution >= 4 is 27.4 Å². The Morgan fingerprint density at radius 1 is 1.03 bits per heavy atom. The summed E-state index contributed by atoms with van der Waals surface area (Å²) in [6.07, 6.45) is 1.76. The number of hydrogen-bond donors (Lipinski definition) is 1. The normalized spacial score (nSPS) is 17.3. The van der Waals surface area contributed by atoms with E-state index < -0.39 is 10.0 Å². The van der Waals surface area contributed by atoms with Gasteiger partial charge in [-0.15, -0.1) is 5.10 Å². The van der Waals surface area contributed by atoms with Crippen LogP contribution in [0, 0.1) is 6.92 Å².